The van der Waals surface area contributed by atoms with Crippen LogP contribution in [-0.2, 0) is 17.9 Å². The number of benzene rings is 1. The van der Waals surface area contributed by atoms with E-state index in [0.29, 0.717) is 0 Å². The van der Waals surface area contributed by atoms with Crippen molar-refractivity contribution in [3.8, 4) is 0 Å². The highest BCUT2D eigenvalue weighted by Crippen LogP contribution is 2.35. The van der Waals surface area contributed by atoms with Crippen LogP contribution in [0.1, 0.15) is 58.4 Å². The van der Waals surface area contributed by atoms with Gasteiger partial charge in [0.05, 0.1) is 0 Å². The first-order chi connectivity index (χ1) is 8.53. The smallest absolute Gasteiger partial charge is 0.0483 e. The first kappa shape index (κ1) is 14.2. The zero-order chi connectivity index (χ0) is 14.6. The number of aryl methyl sites for hydroxylation is 2. The molecule has 104 valence electrons. The van der Waals surface area contributed by atoms with E-state index in [1.54, 1.807) is 0 Å². The van der Waals surface area contributed by atoms with Gasteiger partial charge in [0.1, 0.15) is 0 Å². The van der Waals surface area contributed by atoms with E-state index in [2.05, 4.69) is 78.3 Å². The van der Waals surface area contributed by atoms with Gasteiger partial charge in [-0.15, -0.1) is 0 Å². The quantitative estimate of drug-likeness (QED) is 0.620. The van der Waals surface area contributed by atoms with Crippen molar-refractivity contribution in [2.24, 2.45) is 7.05 Å². The van der Waals surface area contributed by atoms with E-state index in [9.17, 15) is 0 Å². The summed E-state index contributed by atoms with van der Waals surface area (Å²) < 4.78 is 2.36. The van der Waals surface area contributed by atoms with Crippen LogP contribution in [0.2, 0.25) is 0 Å². The minimum atomic E-state index is 0.180. The van der Waals surface area contributed by atoms with Gasteiger partial charge in [-0.25, -0.2) is 0 Å². The molecule has 2 rings (SSSR count). The third-order valence-electron chi connectivity index (χ3n) is 4.03. The molecular weight excluding hydrogens is 230 g/mol. The summed E-state index contributed by atoms with van der Waals surface area (Å²) in [6.45, 7) is 16.0. The van der Waals surface area contributed by atoms with Gasteiger partial charge >= 0.3 is 0 Å². The fourth-order valence-corrected chi connectivity index (χ4v) is 3.16. The lowest BCUT2D eigenvalue weighted by atomic mass is 9.85. The molecular formula is C18H27N. The Morgan fingerprint density at radius 3 is 1.95 bits per heavy atom. The van der Waals surface area contributed by atoms with Crippen molar-refractivity contribution >= 4 is 10.9 Å². The van der Waals surface area contributed by atoms with Crippen molar-refractivity contribution < 1.29 is 0 Å². The van der Waals surface area contributed by atoms with Gasteiger partial charge in [0, 0.05) is 29.1 Å². The average molecular weight is 257 g/mol. The summed E-state index contributed by atoms with van der Waals surface area (Å²) in [5.41, 5.74) is 6.01. The number of rotatable bonds is 0. The Morgan fingerprint density at radius 2 is 1.47 bits per heavy atom. The van der Waals surface area contributed by atoms with Gasteiger partial charge in [-0.05, 0) is 35.6 Å². The van der Waals surface area contributed by atoms with Gasteiger partial charge in [0.2, 0.25) is 0 Å². The Labute approximate surface area is 117 Å². The van der Waals surface area contributed by atoms with Crippen LogP contribution >= 0.6 is 0 Å². The largest absolute Gasteiger partial charge is 0.347 e. The van der Waals surface area contributed by atoms with Gasteiger partial charge in [-0.3, -0.25) is 0 Å². The summed E-state index contributed by atoms with van der Waals surface area (Å²) >= 11 is 0. The molecule has 1 aromatic heterocycles. The van der Waals surface area contributed by atoms with E-state index >= 15 is 0 Å². The van der Waals surface area contributed by atoms with Crippen LogP contribution in [0.3, 0.4) is 0 Å². The van der Waals surface area contributed by atoms with Crippen LogP contribution in [0.4, 0.5) is 0 Å². The number of fused-ring (bicyclic) bond motifs is 1. The molecule has 1 heterocycles. The molecule has 0 bridgehead atoms. The summed E-state index contributed by atoms with van der Waals surface area (Å²) in [5, 5.41) is 1.40. The monoisotopic (exact) mass is 257 g/mol. The van der Waals surface area contributed by atoms with E-state index in [-0.39, 0.29) is 10.8 Å². The van der Waals surface area contributed by atoms with Crippen molar-refractivity contribution in [3.05, 3.63) is 35.0 Å². The molecule has 0 radical (unpaired) electrons. The lowest BCUT2D eigenvalue weighted by Gasteiger charge is -2.21. The second-order valence-electron chi connectivity index (χ2n) is 7.76. The van der Waals surface area contributed by atoms with Crippen molar-refractivity contribution in [2.45, 2.75) is 59.3 Å². The molecule has 0 N–H and O–H groups in total. The summed E-state index contributed by atoms with van der Waals surface area (Å²) in [6, 6.07) is 6.92. The van der Waals surface area contributed by atoms with Crippen LogP contribution in [0.25, 0.3) is 10.9 Å². The summed E-state index contributed by atoms with van der Waals surface area (Å²) in [6.07, 6.45) is 0. The lowest BCUT2D eigenvalue weighted by Crippen LogP contribution is -2.17. The Morgan fingerprint density at radius 1 is 0.895 bits per heavy atom. The van der Waals surface area contributed by atoms with Crippen LogP contribution < -0.4 is 0 Å². The zero-order valence-corrected chi connectivity index (χ0v) is 13.7. The highest BCUT2D eigenvalue weighted by molar-refractivity contribution is 5.86. The van der Waals surface area contributed by atoms with E-state index < -0.39 is 0 Å². The van der Waals surface area contributed by atoms with Gasteiger partial charge < -0.3 is 4.57 Å². The summed E-state index contributed by atoms with van der Waals surface area (Å²) in [5.74, 6) is 0. The minimum Gasteiger partial charge on any atom is -0.347 e. The minimum absolute atomic E-state index is 0.180. The van der Waals surface area contributed by atoms with Gasteiger partial charge in [0.15, 0.2) is 0 Å². The standard InChI is InChI=1S/C18H27N/c1-12-14-11-13(17(2,3)4)9-10-15(14)19(8)16(12)18(5,6)7/h9-11H,1-8H3. The first-order valence-electron chi connectivity index (χ1n) is 7.13. The van der Waals surface area contributed by atoms with Gasteiger partial charge in [-0.1, -0.05) is 47.6 Å². The van der Waals surface area contributed by atoms with E-state index in [1.807, 2.05) is 0 Å². The number of aromatic nitrogens is 1. The highest BCUT2D eigenvalue weighted by Gasteiger charge is 2.24. The average Bonchev–Trinajstić information content (AvgIpc) is 2.49. The maximum absolute atomic E-state index is 2.37. The predicted octanol–water partition coefficient (Wildman–Crippen LogP) is 5.08. The number of nitrogens with zero attached hydrogens (tertiary/aromatic N) is 1. The molecule has 2 aromatic rings. The maximum atomic E-state index is 2.37. The summed E-state index contributed by atoms with van der Waals surface area (Å²) in [7, 11) is 2.19. The van der Waals surface area contributed by atoms with E-state index in [0.717, 1.165) is 0 Å². The predicted molar refractivity (Wildman–Crippen MR) is 85.1 cm³/mol. The topological polar surface area (TPSA) is 4.93 Å². The molecule has 1 nitrogen and oxygen atoms in total. The van der Waals surface area contributed by atoms with Crippen LogP contribution in [0.5, 0.6) is 0 Å². The van der Waals surface area contributed by atoms with Crippen LogP contribution in [-0.4, -0.2) is 4.57 Å². The van der Waals surface area contributed by atoms with Crippen molar-refractivity contribution in [3.63, 3.8) is 0 Å². The van der Waals surface area contributed by atoms with Crippen molar-refractivity contribution in [1.82, 2.24) is 4.57 Å². The number of hydrogen-bond donors (Lipinski definition) is 0. The third-order valence-corrected chi connectivity index (χ3v) is 4.03. The molecule has 0 fully saturated rings. The molecule has 0 aliphatic carbocycles. The Balaban J connectivity index is 2.79. The lowest BCUT2D eigenvalue weighted by molar-refractivity contribution is 0.543. The molecule has 0 saturated carbocycles. The third kappa shape index (κ3) is 2.31. The Hall–Kier alpha value is -1.24. The molecule has 0 aliphatic rings. The molecule has 0 spiro atoms. The van der Waals surface area contributed by atoms with Crippen LogP contribution in [0, 0.1) is 6.92 Å². The molecule has 0 saturated heterocycles. The van der Waals surface area contributed by atoms with Crippen molar-refractivity contribution in [2.75, 3.05) is 0 Å². The molecule has 1 aromatic carbocycles. The molecule has 0 atom stereocenters. The second kappa shape index (κ2) is 4.13. The van der Waals surface area contributed by atoms with Gasteiger partial charge in [0.25, 0.3) is 0 Å². The Kier molecular flexibility index (Phi) is 3.08. The number of hydrogen-bond acceptors (Lipinski definition) is 0. The zero-order valence-electron chi connectivity index (χ0n) is 13.7. The van der Waals surface area contributed by atoms with Gasteiger partial charge in [-0.2, -0.15) is 0 Å². The van der Waals surface area contributed by atoms with Crippen LogP contribution in [0.15, 0.2) is 18.2 Å². The summed E-state index contributed by atoms with van der Waals surface area (Å²) in [4.78, 5) is 0. The maximum Gasteiger partial charge on any atom is 0.0483 e. The Bertz CT molecular complexity index is 616. The normalized spacial score (nSPS) is 13.3. The SMILES string of the molecule is Cc1c(C(C)(C)C)n(C)c2ccc(C(C)(C)C)cc12. The molecule has 0 unspecified atom stereocenters. The van der Waals surface area contributed by atoms with E-state index in [4.69, 9.17) is 0 Å². The first-order valence-corrected chi connectivity index (χ1v) is 7.13. The fourth-order valence-electron chi connectivity index (χ4n) is 3.16. The fraction of sp³-hybridized carbons (Fsp3) is 0.556. The van der Waals surface area contributed by atoms with Crippen molar-refractivity contribution in [1.29, 1.82) is 0 Å². The highest BCUT2D eigenvalue weighted by atomic mass is 15.0. The molecule has 1 heteroatoms. The molecule has 0 aliphatic heterocycles. The second-order valence-corrected chi connectivity index (χ2v) is 7.76. The van der Waals surface area contributed by atoms with E-state index in [1.165, 1.54) is 27.7 Å². The molecule has 19 heavy (non-hydrogen) atoms. The molecule has 0 amide bonds.